The first-order chi connectivity index (χ1) is 66.5. The number of benzene rings is 3. The predicted octanol–water partition coefficient (Wildman–Crippen LogP) is 18.7. The Labute approximate surface area is 837 Å². The second kappa shape index (κ2) is 44.1. The summed E-state index contributed by atoms with van der Waals surface area (Å²) in [5.41, 5.74) is 6.07. The lowest BCUT2D eigenvalue weighted by Gasteiger charge is -2.38. The fourth-order valence-corrected chi connectivity index (χ4v) is 15.4. The zero-order valence-electron chi connectivity index (χ0n) is 81.6. The smallest absolute Gasteiger partial charge is 0.494 e. The molecular formula is C100H105BCl3F6N15O18. The molecule has 1 N–H and O–H groups in total. The standard InChI is InChI=1S/C33H33F2N5O6.C28H25F2N5O4.C23H31BF2N2O5.C16H14ClN3O3.2ClH/c1-32(2,3)46-31(42)40-12-10-28(33(34,35)18-40)44-25-8-7-19(13-20(25)16-36)21-9-11-37-23-14-27(45-29(21)23)22-17-38-24(15-26(22)43-6)30(41)39(4)5;1-35(2)27(36)21-12-23(37-3)19(14-34-21)24-11-20-26(39-24)18(6-9-33-20)16-4-5-22(17(10-16)13-31)38-25-7-8-32-15-28(25,29)30;1-20(2,3)31-19(29)28-11-10-18(23(25,26)14-28)30-17-9-8-16(12-15(17)13-27)24-32-21(4,5)22(6,7)33-24;1-20(2)16(21)12-7-13(22-3)9(8-19-12)14-6-11-15(23-14)10(17)4-5-18-11;;/h7-9,11,13-15,17,28H,10,12,18H2,1-6H3;4-6,9-12,14,25,32H,7-8,15H2,1-3H3;8-9,12,18H,10-11,14H2,1-7H3;4-8H,1-3H3;2*1H. The molecule has 0 bridgehead atoms. The van der Waals surface area contributed by atoms with Crippen LogP contribution in [0, 0.1) is 34.0 Å². The highest BCUT2D eigenvalue weighted by molar-refractivity contribution is 6.62. The zero-order valence-corrected chi connectivity index (χ0v) is 84.0. The number of ether oxygens (including phenoxy) is 8. The molecule has 9 aromatic heterocycles. The van der Waals surface area contributed by atoms with Crippen LogP contribution in [0.5, 0.6) is 34.5 Å². The van der Waals surface area contributed by atoms with Crippen LogP contribution in [0.2, 0.25) is 5.02 Å². The van der Waals surface area contributed by atoms with Crippen LogP contribution in [0.15, 0.2) is 160 Å². The molecule has 13 heterocycles. The van der Waals surface area contributed by atoms with E-state index in [1.807, 2.05) is 39.8 Å². The third-order valence-electron chi connectivity index (χ3n) is 23.2. The van der Waals surface area contributed by atoms with Gasteiger partial charge in [0.15, 0.2) is 35.1 Å². The highest BCUT2D eigenvalue weighted by Crippen LogP contribution is 2.45. The van der Waals surface area contributed by atoms with Gasteiger partial charge < -0.3 is 90.3 Å². The lowest BCUT2D eigenvalue weighted by atomic mass is 9.78. The molecule has 3 aromatic carbocycles. The fourth-order valence-electron chi connectivity index (χ4n) is 15.2. The van der Waals surface area contributed by atoms with E-state index in [0.717, 1.165) is 9.80 Å². The Morgan fingerprint density at radius 1 is 0.455 bits per heavy atom. The number of fused-ring (bicyclic) bond motifs is 3. The van der Waals surface area contributed by atoms with Crippen LogP contribution in [0.3, 0.4) is 0 Å². The number of nitriles is 3. The first kappa shape index (κ1) is 109. The maximum Gasteiger partial charge on any atom is 0.494 e. The number of carbonyl (C=O) groups excluding carboxylic acids is 5. The molecule has 4 aliphatic heterocycles. The van der Waals surface area contributed by atoms with Crippen LogP contribution in [-0.2, 0) is 18.8 Å². The number of furan rings is 3. The largest absolute Gasteiger partial charge is 0.496 e. The summed E-state index contributed by atoms with van der Waals surface area (Å²) in [5, 5.41) is 32.4. The van der Waals surface area contributed by atoms with Gasteiger partial charge in [-0.25, -0.2) is 35.9 Å². The number of piperidine rings is 3. The summed E-state index contributed by atoms with van der Waals surface area (Å²) in [6, 6.07) is 35.1. The highest BCUT2D eigenvalue weighted by atomic mass is 35.5. The van der Waals surface area contributed by atoms with E-state index in [0.29, 0.717) is 129 Å². The number of likely N-dealkylation sites (tertiary alicyclic amines) is 2. The summed E-state index contributed by atoms with van der Waals surface area (Å²) in [4.78, 5) is 93.2. The average Bonchev–Trinajstić information content (AvgIpc) is 1.25. The van der Waals surface area contributed by atoms with Crippen molar-refractivity contribution in [3.8, 4) is 109 Å². The number of hydrogen-bond acceptors (Lipinski definition) is 28. The Bertz CT molecular complexity index is 6860. The molecule has 0 radical (unpaired) electrons. The molecule has 43 heteroatoms. The van der Waals surface area contributed by atoms with Gasteiger partial charge in [-0.3, -0.25) is 44.3 Å². The number of halogens is 9. The zero-order chi connectivity index (χ0) is 103. The van der Waals surface area contributed by atoms with Gasteiger partial charge in [-0.1, -0.05) is 29.8 Å². The van der Waals surface area contributed by atoms with Gasteiger partial charge >= 0.3 is 31.1 Å². The van der Waals surface area contributed by atoms with Crippen molar-refractivity contribution in [3.63, 3.8) is 0 Å². The molecule has 33 nitrogen and oxygen atoms in total. The van der Waals surface area contributed by atoms with Crippen LogP contribution >= 0.6 is 36.4 Å². The maximum atomic E-state index is 15.1. The molecule has 0 aliphatic carbocycles. The Balaban J connectivity index is 0.000000186. The van der Waals surface area contributed by atoms with Crippen LogP contribution in [0.25, 0.3) is 89.5 Å². The molecule has 5 amide bonds. The van der Waals surface area contributed by atoms with E-state index in [1.165, 1.54) is 84.8 Å². The van der Waals surface area contributed by atoms with Gasteiger partial charge in [0.25, 0.3) is 23.6 Å². The molecule has 3 atom stereocenters. The van der Waals surface area contributed by atoms with Crippen LogP contribution in [0.4, 0.5) is 35.9 Å². The van der Waals surface area contributed by atoms with Gasteiger partial charge in [-0.15, -0.1) is 24.8 Å². The summed E-state index contributed by atoms with van der Waals surface area (Å²) >= 11 is 6.10. The number of rotatable bonds is 18. The van der Waals surface area contributed by atoms with Crippen molar-refractivity contribution < 1.29 is 111 Å². The van der Waals surface area contributed by atoms with Crippen molar-refractivity contribution in [2.24, 2.45) is 0 Å². The molecule has 3 unspecified atom stereocenters. The summed E-state index contributed by atoms with van der Waals surface area (Å²) in [6.45, 7) is 16.0. The second-order valence-corrected chi connectivity index (χ2v) is 37.4. The molecule has 754 valence electrons. The lowest BCUT2D eigenvalue weighted by molar-refractivity contribution is -0.137. The quantitative estimate of drug-likeness (QED) is 0.0616. The van der Waals surface area contributed by atoms with Gasteiger partial charge in [-0.05, 0) is 147 Å². The van der Waals surface area contributed by atoms with E-state index in [-0.39, 0.29) is 120 Å². The van der Waals surface area contributed by atoms with Crippen molar-refractivity contribution in [2.45, 2.75) is 147 Å². The number of methoxy groups -OCH3 is 3. The predicted molar refractivity (Wildman–Crippen MR) is 523 cm³/mol. The molecular weight excluding hydrogens is 1930 g/mol. The number of nitrogens with zero attached hydrogens (tertiary/aromatic N) is 14. The first-order valence-electron chi connectivity index (χ1n) is 44.4. The third kappa shape index (κ3) is 24.9. The van der Waals surface area contributed by atoms with Gasteiger partial charge in [-0.2, -0.15) is 15.8 Å². The van der Waals surface area contributed by atoms with Gasteiger partial charge in [0, 0.05) is 159 Å². The normalized spacial score (nSPS) is 16.9. The third-order valence-corrected chi connectivity index (χ3v) is 23.5. The van der Waals surface area contributed by atoms with Gasteiger partial charge in [0.2, 0.25) is 0 Å². The number of aromatic nitrogens is 6. The van der Waals surface area contributed by atoms with Gasteiger partial charge in [0.05, 0.1) is 90.6 Å². The Morgan fingerprint density at radius 2 is 0.797 bits per heavy atom. The van der Waals surface area contributed by atoms with Gasteiger partial charge in [0.1, 0.15) is 115 Å². The minimum Gasteiger partial charge on any atom is -0.496 e. The maximum absolute atomic E-state index is 15.1. The Kier molecular flexibility index (Phi) is 33.7. The van der Waals surface area contributed by atoms with E-state index in [1.54, 1.807) is 181 Å². The Hall–Kier alpha value is -14.2. The molecule has 4 saturated heterocycles. The summed E-state index contributed by atoms with van der Waals surface area (Å²) in [6.07, 6.45) is 3.26. The average molecular weight is 2040 g/mol. The monoisotopic (exact) mass is 2030 g/mol. The molecule has 4 fully saturated rings. The van der Waals surface area contributed by atoms with Crippen LogP contribution in [0.1, 0.15) is 137 Å². The minimum absolute atomic E-state index is 0. The fraction of sp³-hybridized carbons (Fsp3) is 0.380. The lowest BCUT2D eigenvalue weighted by Crippen LogP contribution is -2.56. The van der Waals surface area contributed by atoms with E-state index < -0.39 is 97.4 Å². The number of pyridine rings is 6. The SMILES string of the molecule is CC(C)(C)OC(=O)N1CCC(Oc2ccc(B3OC(C)(C)C(C)(C)O3)cc2C#N)C(F)(F)C1.COc1cc(C(=O)N(C)C)ncc1-c1cc2nccc(-c3ccc(OC4CCN(C(=O)OC(C)(C)C)CC4(F)F)c(C#N)c3)c2o1.COc1cc(C(=O)N(C)C)ncc1-c1cc2nccc(-c3ccc(OC4CCNCC4(F)F)c(C#N)c3)c2o1.COc1cc(C(=O)N(C)C)ncc1-c1cc2nccc(Cl)c2o1.Cl.Cl. The molecule has 12 aromatic rings. The summed E-state index contributed by atoms with van der Waals surface area (Å²) in [5.74, 6) is -7.74. The van der Waals surface area contributed by atoms with E-state index >= 15 is 8.78 Å². The summed E-state index contributed by atoms with van der Waals surface area (Å²) < 4.78 is 162. The summed E-state index contributed by atoms with van der Waals surface area (Å²) in [7, 11) is 13.6. The Morgan fingerprint density at radius 3 is 1.13 bits per heavy atom. The molecule has 4 aliphatic rings. The molecule has 143 heavy (non-hydrogen) atoms. The molecule has 0 spiro atoms. The number of hydrogen-bond donors (Lipinski definition) is 1. The van der Waals surface area contributed by atoms with Crippen LogP contribution < -0.4 is 39.2 Å². The number of carbonyl (C=O) groups is 5. The van der Waals surface area contributed by atoms with Crippen LogP contribution in [-0.4, -0.2) is 253 Å². The highest BCUT2D eigenvalue weighted by Gasteiger charge is 2.54. The topological polar surface area (TPSA) is 394 Å². The number of amides is 5. The number of alkyl halides is 6. The van der Waals surface area contributed by atoms with Crippen molar-refractivity contribution in [1.29, 1.82) is 15.8 Å². The van der Waals surface area contributed by atoms with Crippen molar-refractivity contribution in [3.05, 3.63) is 185 Å². The minimum atomic E-state index is -3.38. The van der Waals surface area contributed by atoms with E-state index in [4.69, 9.17) is 72.1 Å². The second-order valence-electron chi connectivity index (χ2n) is 36.9. The first-order valence-corrected chi connectivity index (χ1v) is 44.7. The molecule has 0 saturated carbocycles. The van der Waals surface area contributed by atoms with Crippen molar-refractivity contribution >= 4 is 112 Å². The van der Waals surface area contributed by atoms with E-state index in [9.17, 15) is 57.3 Å². The number of nitrogens with one attached hydrogen (secondary N) is 1. The van der Waals surface area contributed by atoms with Crippen molar-refractivity contribution in [1.82, 2.24) is 59.7 Å². The van der Waals surface area contributed by atoms with Crippen molar-refractivity contribution in [2.75, 3.05) is 103 Å². The van der Waals surface area contributed by atoms with E-state index in [2.05, 4.69) is 41.3 Å². The molecule has 16 rings (SSSR count).